The third-order valence-corrected chi connectivity index (χ3v) is 3.63. The van der Waals surface area contributed by atoms with Crippen LogP contribution in [0.5, 0.6) is 0 Å². The van der Waals surface area contributed by atoms with Gasteiger partial charge in [0.1, 0.15) is 0 Å². The van der Waals surface area contributed by atoms with Crippen LogP contribution in [-0.4, -0.2) is 19.2 Å². The van der Waals surface area contributed by atoms with Crippen molar-refractivity contribution < 1.29 is 26.7 Å². The van der Waals surface area contributed by atoms with E-state index in [1.807, 2.05) is 13.8 Å². The van der Waals surface area contributed by atoms with E-state index in [4.69, 9.17) is 4.74 Å². The molecule has 0 bridgehead atoms. The van der Waals surface area contributed by atoms with Crippen LogP contribution in [0.3, 0.4) is 0 Å². The molecule has 0 aliphatic rings. The Bertz CT molecular complexity index is 456. The van der Waals surface area contributed by atoms with Gasteiger partial charge < -0.3 is 4.74 Å². The molecular weight excluding hydrogens is 291 g/mol. The molecule has 21 heavy (non-hydrogen) atoms. The Morgan fingerprint density at radius 1 is 1.05 bits per heavy atom. The van der Waals surface area contributed by atoms with Gasteiger partial charge in [-0.25, -0.2) is 0 Å². The summed E-state index contributed by atoms with van der Waals surface area (Å²) in [4.78, 5) is 0. The van der Waals surface area contributed by atoms with Gasteiger partial charge in [0.15, 0.2) is 0 Å². The molecule has 0 spiro atoms. The van der Waals surface area contributed by atoms with E-state index in [2.05, 4.69) is 0 Å². The van der Waals surface area contributed by atoms with E-state index < -0.39 is 24.6 Å². The molecule has 2 atom stereocenters. The molecule has 0 radical (unpaired) electrons. The molecule has 120 valence electrons. The molecular formula is C15H19F5O. The van der Waals surface area contributed by atoms with Crippen LogP contribution in [0.1, 0.15) is 49.8 Å². The van der Waals surface area contributed by atoms with Gasteiger partial charge in [-0.3, -0.25) is 0 Å². The van der Waals surface area contributed by atoms with Crippen molar-refractivity contribution in [2.75, 3.05) is 7.11 Å². The van der Waals surface area contributed by atoms with Gasteiger partial charge in [0.05, 0.1) is 12.5 Å². The van der Waals surface area contributed by atoms with Crippen LogP contribution >= 0.6 is 0 Å². The highest BCUT2D eigenvalue weighted by Crippen LogP contribution is 2.43. The third-order valence-electron chi connectivity index (χ3n) is 3.63. The van der Waals surface area contributed by atoms with Gasteiger partial charge >= 0.3 is 12.1 Å². The van der Waals surface area contributed by atoms with Crippen molar-refractivity contribution in [1.29, 1.82) is 0 Å². The molecule has 1 aromatic rings. The third kappa shape index (κ3) is 4.15. The zero-order valence-electron chi connectivity index (χ0n) is 12.2. The van der Waals surface area contributed by atoms with E-state index in [1.54, 1.807) is 24.3 Å². The van der Waals surface area contributed by atoms with Crippen LogP contribution in [0.2, 0.25) is 0 Å². The highest BCUT2D eigenvalue weighted by molar-refractivity contribution is 5.32. The normalized spacial score (nSPS) is 15.8. The van der Waals surface area contributed by atoms with Crippen molar-refractivity contribution >= 4 is 0 Å². The minimum atomic E-state index is -5.57. The summed E-state index contributed by atoms with van der Waals surface area (Å²) in [5.41, 5.74) is 1.13. The smallest absolute Gasteiger partial charge is 0.377 e. The number of methoxy groups -OCH3 is 1. The van der Waals surface area contributed by atoms with Gasteiger partial charge in [-0.2, -0.15) is 22.0 Å². The Labute approximate surface area is 121 Å². The second-order valence-electron chi connectivity index (χ2n) is 5.07. The van der Waals surface area contributed by atoms with Gasteiger partial charge in [0, 0.05) is 7.11 Å². The van der Waals surface area contributed by atoms with Crippen molar-refractivity contribution in [1.82, 2.24) is 0 Å². The Kier molecular flexibility index (Phi) is 5.73. The monoisotopic (exact) mass is 310 g/mol. The van der Waals surface area contributed by atoms with Crippen molar-refractivity contribution in [3.63, 3.8) is 0 Å². The second kappa shape index (κ2) is 6.73. The molecule has 1 rings (SSSR count). The number of hydrogen-bond acceptors (Lipinski definition) is 1. The first-order valence-electron chi connectivity index (χ1n) is 6.70. The standard InChI is InChI=1S/C15H19F5O/c1-4-10(2)11-7-5-6-8-12(11)13(21-3)9-14(16,17)15(18,19)20/h5-8,10,13H,4,9H2,1-3H3. The molecule has 0 saturated carbocycles. The highest BCUT2D eigenvalue weighted by Gasteiger charge is 2.58. The van der Waals surface area contributed by atoms with Gasteiger partial charge in [-0.1, -0.05) is 38.1 Å². The number of hydrogen-bond donors (Lipinski definition) is 0. The van der Waals surface area contributed by atoms with Crippen LogP contribution in [0.15, 0.2) is 24.3 Å². The largest absolute Gasteiger partial charge is 0.453 e. The van der Waals surface area contributed by atoms with Gasteiger partial charge in [-0.15, -0.1) is 0 Å². The Morgan fingerprint density at radius 3 is 2.00 bits per heavy atom. The van der Waals surface area contributed by atoms with Crippen LogP contribution in [0, 0.1) is 0 Å². The summed E-state index contributed by atoms with van der Waals surface area (Å²) in [5.74, 6) is -4.73. The first-order chi connectivity index (χ1) is 9.64. The molecule has 0 N–H and O–H groups in total. The molecule has 1 nitrogen and oxygen atoms in total. The lowest BCUT2D eigenvalue weighted by atomic mass is 9.89. The quantitative estimate of drug-likeness (QED) is 0.633. The number of halogens is 5. The SMILES string of the molecule is CCC(C)c1ccccc1C(CC(F)(F)C(F)(F)F)OC. The molecule has 0 aliphatic heterocycles. The van der Waals surface area contributed by atoms with Crippen molar-refractivity contribution in [2.24, 2.45) is 0 Å². The Morgan fingerprint density at radius 2 is 1.57 bits per heavy atom. The lowest BCUT2D eigenvalue weighted by Crippen LogP contribution is -2.38. The van der Waals surface area contributed by atoms with Crippen molar-refractivity contribution in [2.45, 2.75) is 50.8 Å². The first-order valence-corrected chi connectivity index (χ1v) is 6.70. The summed E-state index contributed by atoms with van der Waals surface area (Å²) < 4.78 is 68.5. The minimum Gasteiger partial charge on any atom is -0.377 e. The average molecular weight is 310 g/mol. The summed E-state index contributed by atoms with van der Waals surface area (Å²) in [7, 11) is 1.14. The van der Waals surface area contributed by atoms with E-state index >= 15 is 0 Å². The van der Waals surface area contributed by atoms with Crippen molar-refractivity contribution in [3.05, 3.63) is 35.4 Å². The molecule has 0 amide bonds. The lowest BCUT2D eigenvalue weighted by molar-refractivity contribution is -0.291. The number of rotatable bonds is 6. The van der Waals surface area contributed by atoms with Gasteiger partial charge in [0.25, 0.3) is 0 Å². The highest BCUT2D eigenvalue weighted by atomic mass is 19.4. The molecule has 0 aromatic heterocycles. The van der Waals surface area contributed by atoms with Crippen LogP contribution < -0.4 is 0 Å². The predicted octanol–water partition coefficient (Wildman–Crippen LogP) is 5.48. The summed E-state index contributed by atoms with van der Waals surface area (Å²) >= 11 is 0. The molecule has 6 heteroatoms. The zero-order chi connectivity index (χ0) is 16.3. The van der Waals surface area contributed by atoms with E-state index in [0.29, 0.717) is 5.56 Å². The Hall–Kier alpha value is -1.17. The predicted molar refractivity (Wildman–Crippen MR) is 70.5 cm³/mol. The van der Waals surface area contributed by atoms with E-state index in [-0.39, 0.29) is 5.92 Å². The minimum absolute atomic E-state index is 0.0540. The molecule has 1 aromatic carbocycles. The van der Waals surface area contributed by atoms with Crippen LogP contribution in [0.4, 0.5) is 22.0 Å². The van der Waals surface area contributed by atoms with E-state index in [9.17, 15) is 22.0 Å². The van der Waals surface area contributed by atoms with Gasteiger partial charge in [-0.05, 0) is 23.5 Å². The molecule has 0 aliphatic carbocycles. The first kappa shape index (κ1) is 17.9. The van der Waals surface area contributed by atoms with E-state index in [0.717, 1.165) is 19.1 Å². The fourth-order valence-electron chi connectivity index (χ4n) is 2.14. The average Bonchev–Trinajstić information content (AvgIpc) is 2.42. The number of ether oxygens (including phenoxy) is 1. The summed E-state index contributed by atoms with van der Waals surface area (Å²) in [5, 5.41) is 0. The fraction of sp³-hybridized carbons (Fsp3) is 0.600. The lowest BCUT2D eigenvalue weighted by Gasteiger charge is -2.27. The fourth-order valence-corrected chi connectivity index (χ4v) is 2.14. The molecule has 0 fully saturated rings. The topological polar surface area (TPSA) is 9.23 Å². The van der Waals surface area contributed by atoms with E-state index in [1.165, 1.54) is 0 Å². The second-order valence-corrected chi connectivity index (χ2v) is 5.07. The van der Waals surface area contributed by atoms with Crippen molar-refractivity contribution in [3.8, 4) is 0 Å². The van der Waals surface area contributed by atoms with Gasteiger partial charge in [0.2, 0.25) is 0 Å². The zero-order valence-corrected chi connectivity index (χ0v) is 12.2. The number of alkyl halides is 5. The summed E-state index contributed by atoms with van der Waals surface area (Å²) in [6, 6.07) is 6.63. The molecule has 0 heterocycles. The maximum absolute atomic E-state index is 13.3. The van der Waals surface area contributed by atoms with Crippen LogP contribution in [-0.2, 0) is 4.74 Å². The summed E-state index contributed by atoms with van der Waals surface area (Å²) in [6.07, 6.45) is -7.54. The Balaban J connectivity index is 3.12. The molecule has 0 saturated heterocycles. The number of benzene rings is 1. The molecule has 2 unspecified atom stereocenters. The van der Waals surface area contributed by atoms with Crippen LogP contribution in [0.25, 0.3) is 0 Å². The summed E-state index contributed by atoms with van der Waals surface area (Å²) in [6.45, 7) is 3.82. The maximum Gasteiger partial charge on any atom is 0.453 e. The maximum atomic E-state index is 13.3.